The van der Waals surface area contributed by atoms with E-state index in [9.17, 15) is 13.2 Å². The second kappa shape index (κ2) is 8.98. The number of likely N-dealkylation sites (tertiary alicyclic amines) is 1. The number of sulfonamides is 1. The van der Waals surface area contributed by atoms with E-state index in [0.717, 1.165) is 17.3 Å². The van der Waals surface area contributed by atoms with Crippen LogP contribution in [-0.2, 0) is 14.8 Å². The van der Waals surface area contributed by atoms with Crippen LogP contribution < -0.4 is 10.5 Å². The Balaban J connectivity index is 0.00000264. The highest BCUT2D eigenvalue weighted by Crippen LogP contribution is 2.14. The number of benzene rings is 1. The van der Waals surface area contributed by atoms with Gasteiger partial charge >= 0.3 is 0 Å². The van der Waals surface area contributed by atoms with E-state index in [1.54, 1.807) is 17.0 Å². The van der Waals surface area contributed by atoms with Crippen LogP contribution in [0.15, 0.2) is 33.6 Å². The molecule has 1 aromatic rings. The summed E-state index contributed by atoms with van der Waals surface area (Å²) >= 11 is 3.26. The summed E-state index contributed by atoms with van der Waals surface area (Å²) in [5, 5.41) is 0. The molecule has 6 nitrogen and oxygen atoms in total. The number of carbonyl (C=O) groups is 1. The maximum Gasteiger partial charge on any atom is 0.240 e. The third-order valence-electron chi connectivity index (χ3n) is 3.57. The van der Waals surface area contributed by atoms with Crippen molar-refractivity contribution < 1.29 is 13.2 Å². The molecule has 1 fully saturated rings. The molecule has 1 amide bonds. The molecule has 130 valence electrons. The first-order chi connectivity index (χ1) is 10.4. The predicted molar refractivity (Wildman–Crippen MR) is 95.0 cm³/mol. The van der Waals surface area contributed by atoms with Crippen LogP contribution in [0.2, 0.25) is 0 Å². The van der Waals surface area contributed by atoms with Crippen molar-refractivity contribution in [2.75, 3.05) is 19.6 Å². The summed E-state index contributed by atoms with van der Waals surface area (Å²) in [4.78, 5) is 13.9. The van der Waals surface area contributed by atoms with E-state index in [1.807, 2.05) is 0 Å². The van der Waals surface area contributed by atoms with E-state index in [-0.39, 0.29) is 42.2 Å². The summed E-state index contributed by atoms with van der Waals surface area (Å²) in [5.41, 5.74) is 5.84. The lowest BCUT2D eigenvalue weighted by Crippen LogP contribution is -2.46. The summed E-state index contributed by atoms with van der Waals surface area (Å²) in [6.45, 7) is 1.34. The summed E-state index contributed by atoms with van der Waals surface area (Å²) in [5.74, 6) is -0.0614. The number of rotatable bonds is 5. The van der Waals surface area contributed by atoms with Gasteiger partial charge in [-0.3, -0.25) is 4.79 Å². The van der Waals surface area contributed by atoms with Gasteiger partial charge in [-0.1, -0.05) is 15.9 Å². The van der Waals surface area contributed by atoms with E-state index >= 15 is 0 Å². The number of carbonyl (C=O) groups excluding carboxylic acids is 1. The van der Waals surface area contributed by atoms with Crippen molar-refractivity contribution in [2.24, 2.45) is 5.73 Å². The zero-order valence-corrected chi connectivity index (χ0v) is 15.8. The number of piperidine rings is 1. The molecule has 1 saturated heterocycles. The molecule has 0 spiro atoms. The minimum atomic E-state index is -3.58. The van der Waals surface area contributed by atoms with Gasteiger partial charge in [0.2, 0.25) is 15.9 Å². The van der Waals surface area contributed by atoms with E-state index in [1.165, 1.54) is 12.1 Å². The van der Waals surface area contributed by atoms with Gasteiger partial charge in [0.05, 0.1) is 4.90 Å². The van der Waals surface area contributed by atoms with Gasteiger partial charge in [-0.15, -0.1) is 12.4 Å². The summed E-state index contributed by atoms with van der Waals surface area (Å²) in [6, 6.07) is 6.37. The third-order valence-corrected chi connectivity index (χ3v) is 5.57. The molecule has 1 aliphatic heterocycles. The standard InChI is InChI=1S/C14H20BrN3O3S.ClH/c15-11-3-5-13(6-4-11)22(20,21)17-8-7-14(19)18-9-1-2-12(16)10-18;/h3-6,12,17H,1-2,7-10,16H2;1H. The molecular weight excluding hydrogens is 406 g/mol. The summed E-state index contributed by atoms with van der Waals surface area (Å²) in [6.07, 6.45) is 1.97. The van der Waals surface area contributed by atoms with Crippen molar-refractivity contribution in [1.29, 1.82) is 0 Å². The number of hydrogen-bond acceptors (Lipinski definition) is 4. The zero-order valence-electron chi connectivity index (χ0n) is 12.6. The molecule has 1 heterocycles. The Hall–Kier alpha value is -0.670. The fourth-order valence-corrected chi connectivity index (χ4v) is 3.68. The van der Waals surface area contributed by atoms with Crippen LogP contribution in [0.4, 0.5) is 0 Å². The van der Waals surface area contributed by atoms with E-state index in [2.05, 4.69) is 20.7 Å². The lowest BCUT2D eigenvalue weighted by atomic mass is 10.1. The van der Waals surface area contributed by atoms with Crippen LogP contribution in [0.1, 0.15) is 19.3 Å². The van der Waals surface area contributed by atoms with Gasteiger partial charge in [0, 0.05) is 36.6 Å². The van der Waals surface area contributed by atoms with Gasteiger partial charge in [0.25, 0.3) is 0 Å². The molecular formula is C14H21BrClN3O3S. The summed E-state index contributed by atoms with van der Waals surface area (Å²) < 4.78 is 27.4. The topological polar surface area (TPSA) is 92.5 Å². The molecule has 1 aliphatic rings. The molecule has 0 saturated carbocycles. The van der Waals surface area contributed by atoms with Crippen molar-refractivity contribution in [1.82, 2.24) is 9.62 Å². The number of nitrogens with two attached hydrogens (primary N) is 1. The maximum absolute atomic E-state index is 12.1. The summed E-state index contributed by atoms with van der Waals surface area (Å²) in [7, 11) is -3.58. The Kier molecular flexibility index (Phi) is 7.96. The number of halogens is 2. The first-order valence-corrected chi connectivity index (χ1v) is 9.45. The van der Waals surface area contributed by atoms with Crippen LogP contribution in [0, 0.1) is 0 Å². The average Bonchev–Trinajstić information content (AvgIpc) is 2.47. The van der Waals surface area contributed by atoms with Crippen molar-refractivity contribution >= 4 is 44.3 Å². The molecule has 23 heavy (non-hydrogen) atoms. The van der Waals surface area contributed by atoms with Crippen molar-refractivity contribution in [2.45, 2.75) is 30.2 Å². The molecule has 0 aromatic heterocycles. The van der Waals surface area contributed by atoms with Gasteiger partial charge < -0.3 is 10.6 Å². The van der Waals surface area contributed by atoms with Gasteiger partial charge in [-0.05, 0) is 37.1 Å². The minimum Gasteiger partial charge on any atom is -0.341 e. The van der Waals surface area contributed by atoms with Crippen LogP contribution in [0.25, 0.3) is 0 Å². The van der Waals surface area contributed by atoms with Crippen molar-refractivity contribution in [3.63, 3.8) is 0 Å². The highest BCUT2D eigenvalue weighted by Gasteiger charge is 2.21. The quantitative estimate of drug-likeness (QED) is 0.746. The van der Waals surface area contributed by atoms with E-state index < -0.39 is 10.0 Å². The molecule has 2 rings (SSSR count). The molecule has 1 aromatic carbocycles. The Bertz CT molecular complexity index is 625. The highest BCUT2D eigenvalue weighted by molar-refractivity contribution is 9.10. The second-order valence-corrected chi connectivity index (χ2v) is 8.03. The average molecular weight is 427 g/mol. The Morgan fingerprint density at radius 1 is 1.35 bits per heavy atom. The normalized spacial score (nSPS) is 18.3. The molecule has 1 atom stereocenters. The largest absolute Gasteiger partial charge is 0.341 e. The molecule has 3 N–H and O–H groups in total. The predicted octanol–water partition coefficient (Wildman–Crippen LogP) is 1.49. The SMILES string of the molecule is Cl.NC1CCCN(C(=O)CCNS(=O)(=O)c2ccc(Br)cc2)C1. The third kappa shape index (κ3) is 6.04. The lowest BCUT2D eigenvalue weighted by Gasteiger charge is -2.30. The number of hydrogen-bond donors (Lipinski definition) is 2. The molecule has 0 radical (unpaired) electrons. The molecule has 9 heteroatoms. The minimum absolute atomic E-state index is 0. The first-order valence-electron chi connectivity index (χ1n) is 7.17. The van der Waals surface area contributed by atoms with Crippen LogP contribution in [-0.4, -0.2) is 44.9 Å². The number of nitrogens with one attached hydrogen (secondary N) is 1. The van der Waals surface area contributed by atoms with Gasteiger partial charge in [-0.25, -0.2) is 13.1 Å². The van der Waals surface area contributed by atoms with Gasteiger partial charge in [0.1, 0.15) is 0 Å². The highest BCUT2D eigenvalue weighted by atomic mass is 79.9. The first kappa shape index (κ1) is 20.4. The Morgan fingerprint density at radius 3 is 2.61 bits per heavy atom. The van der Waals surface area contributed by atoms with Crippen LogP contribution >= 0.6 is 28.3 Å². The molecule has 0 aliphatic carbocycles. The second-order valence-electron chi connectivity index (χ2n) is 5.34. The van der Waals surface area contributed by atoms with Gasteiger partial charge in [0.15, 0.2) is 0 Å². The van der Waals surface area contributed by atoms with Crippen LogP contribution in [0.5, 0.6) is 0 Å². The maximum atomic E-state index is 12.1. The van der Waals surface area contributed by atoms with E-state index in [4.69, 9.17) is 5.73 Å². The number of nitrogens with zero attached hydrogens (tertiary/aromatic N) is 1. The van der Waals surface area contributed by atoms with Crippen molar-refractivity contribution in [3.05, 3.63) is 28.7 Å². The Labute approximate surface area is 151 Å². The fraction of sp³-hybridized carbons (Fsp3) is 0.500. The van der Waals surface area contributed by atoms with Crippen molar-refractivity contribution in [3.8, 4) is 0 Å². The van der Waals surface area contributed by atoms with E-state index in [0.29, 0.717) is 13.1 Å². The Morgan fingerprint density at radius 2 is 2.00 bits per heavy atom. The zero-order chi connectivity index (χ0) is 16.2. The fourth-order valence-electron chi connectivity index (χ4n) is 2.38. The van der Waals surface area contributed by atoms with Gasteiger partial charge in [-0.2, -0.15) is 0 Å². The molecule has 1 unspecified atom stereocenters. The lowest BCUT2D eigenvalue weighted by molar-refractivity contribution is -0.132. The number of amides is 1. The smallest absolute Gasteiger partial charge is 0.240 e. The molecule has 0 bridgehead atoms. The monoisotopic (exact) mass is 425 g/mol. The van der Waals surface area contributed by atoms with Crippen LogP contribution in [0.3, 0.4) is 0 Å².